The Morgan fingerprint density at radius 2 is 2.19 bits per heavy atom. The van der Waals surface area contributed by atoms with Gasteiger partial charge in [-0.15, -0.1) is 0 Å². The van der Waals surface area contributed by atoms with Crippen LogP contribution >= 0.6 is 12.2 Å². The van der Waals surface area contributed by atoms with Gasteiger partial charge in [-0.3, -0.25) is 4.79 Å². The number of carbonyl (C=O) groups excluding carboxylic acids is 1. The maximum absolute atomic E-state index is 12.5. The third kappa shape index (κ3) is 1.38. The van der Waals surface area contributed by atoms with Crippen molar-refractivity contribution in [1.82, 2.24) is 10.2 Å². The first-order valence-electron chi connectivity index (χ1n) is 5.94. The van der Waals surface area contributed by atoms with E-state index in [2.05, 4.69) is 5.32 Å². The number of ether oxygens (including phenoxy) is 1. The predicted molar refractivity (Wildman–Crippen MR) is 63.3 cm³/mol. The Labute approximate surface area is 100 Å². The van der Waals surface area contributed by atoms with Crippen molar-refractivity contribution >= 4 is 23.1 Å². The van der Waals surface area contributed by atoms with Gasteiger partial charge in [-0.05, 0) is 12.8 Å². The van der Waals surface area contributed by atoms with Crippen LogP contribution in [0.1, 0.15) is 25.7 Å². The first kappa shape index (κ1) is 10.5. The molecule has 88 valence electrons. The van der Waals surface area contributed by atoms with Gasteiger partial charge in [-0.1, -0.05) is 12.2 Å². The van der Waals surface area contributed by atoms with Crippen LogP contribution in [0.5, 0.6) is 0 Å². The maximum atomic E-state index is 12.5. The summed E-state index contributed by atoms with van der Waals surface area (Å²) in [7, 11) is 0. The van der Waals surface area contributed by atoms with E-state index in [1.807, 2.05) is 4.90 Å². The minimum Gasteiger partial charge on any atom is -0.381 e. The number of hydrogen-bond donors (Lipinski definition) is 1. The second-order valence-electron chi connectivity index (χ2n) is 4.84. The third-order valence-electron chi connectivity index (χ3n) is 3.93. The summed E-state index contributed by atoms with van der Waals surface area (Å²) in [6.07, 6.45) is 3.58. The van der Waals surface area contributed by atoms with Crippen molar-refractivity contribution in [2.45, 2.75) is 37.3 Å². The molecule has 3 saturated heterocycles. The molecule has 4 nitrogen and oxygen atoms in total. The molecule has 3 heterocycles. The van der Waals surface area contributed by atoms with Crippen LogP contribution in [0.25, 0.3) is 0 Å². The Hall–Kier alpha value is -0.680. The average Bonchev–Trinajstić information content (AvgIpc) is 2.77. The first-order chi connectivity index (χ1) is 7.73. The Kier molecular flexibility index (Phi) is 2.40. The lowest BCUT2D eigenvalue weighted by atomic mass is 9.85. The van der Waals surface area contributed by atoms with E-state index in [9.17, 15) is 4.79 Å². The van der Waals surface area contributed by atoms with Gasteiger partial charge in [0, 0.05) is 32.6 Å². The summed E-state index contributed by atoms with van der Waals surface area (Å²) in [4.78, 5) is 15.3. The number of thiocarbonyl (C=S) groups is 1. The molecule has 3 fully saturated rings. The van der Waals surface area contributed by atoms with Crippen molar-refractivity contribution in [2.75, 3.05) is 19.8 Å². The fraction of sp³-hybridized carbons (Fsp3) is 0.818. The van der Waals surface area contributed by atoms with Gasteiger partial charge in [0.15, 0.2) is 0 Å². The molecule has 0 saturated carbocycles. The molecule has 16 heavy (non-hydrogen) atoms. The number of piperazine rings is 1. The van der Waals surface area contributed by atoms with Crippen LogP contribution in [-0.2, 0) is 9.53 Å². The quantitative estimate of drug-likeness (QED) is 0.625. The molecule has 0 aromatic carbocycles. The summed E-state index contributed by atoms with van der Waals surface area (Å²) < 4.78 is 5.34. The monoisotopic (exact) mass is 240 g/mol. The molecule has 0 radical (unpaired) electrons. The van der Waals surface area contributed by atoms with E-state index in [0.29, 0.717) is 13.2 Å². The van der Waals surface area contributed by atoms with Crippen LogP contribution in [0, 0.1) is 0 Å². The number of carbonyl (C=O) groups is 1. The molecule has 3 rings (SSSR count). The first-order valence-corrected chi connectivity index (χ1v) is 6.35. The van der Waals surface area contributed by atoms with Gasteiger partial charge >= 0.3 is 0 Å². The minimum atomic E-state index is -0.448. The fourth-order valence-electron chi connectivity index (χ4n) is 2.99. The second-order valence-corrected chi connectivity index (χ2v) is 5.28. The lowest BCUT2D eigenvalue weighted by Crippen LogP contribution is -2.69. The smallest absolute Gasteiger partial charge is 0.249 e. The van der Waals surface area contributed by atoms with Crippen LogP contribution in [0.4, 0.5) is 0 Å². The number of fused-ring (bicyclic) bond motifs is 1. The molecule has 1 amide bonds. The second kappa shape index (κ2) is 3.67. The molecule has 0 aromatic rings. The highest BCUT2D eigenvalue weighted by Crippen LogP contribution is 2.32. The van der Waals surface area contributed by atoms with Crippen molar-refractivity contribution in [3.05, 3.63) is 0 Å². The van der Waals surface area contributed by atoms with Crippen LogP contribution in [0.2, 0.25) is 0 Å². The summed E-state index contributed by atoms with van der Waals surface area (Å²) in [5.41, 5.74) is -0.448. The highest BCUT2D eigenvalue weighted by molar-refractivity contribution is 7.80. The van der Waals surface area contributed by atoms with Crippen molar-refractivity contribution in [2.24, 2.45) is 0 Å². The van der Waals surface area contributed by atoms with Gasteiger partial charge in [-0.2, -0.15) is 0 Å². The number of nitrogens with one attached hydrogen (secondary N) is 1. The zero-order valence-electron chi connectivity index (χ0n) is 9.20. The molecule has 0 aliphatic carbocycles. The Morgan fingerprint density at radius 1 is 1.44 bits per heavy atom. The lowest BCUT2D eigenvalue weighted by molar-refractivity contribution is -0.143. The topological polar surface area (TPSA) is 41.6 Å². The summed E-state index contributed by atoms with van der Waals surface area (Å²) in [6, 6.07) is 0.163. The molecule has 1 atom stereocenters. The van der Waals surface area contributed by atoms with E-state index in [4.69, 9.17) is 17.0 Å². The van der Waals surface area contributed by atoms with E-state index < -0.39 is 5.54 Å². The van der Waals surface area contributed by atoms with Crippen molar-refractivity contribution in [3.8, 4) is 0 Å². The zero-order chi connectivity index (χ0) is 11.2. The summed E-state index contributed by atoms with van der Waals surface area (Å²) in [5.74, 6) is 0.243. The molecule has 1 N–H and O–H groups in total. The Bertz CT molecular complexity index is 339. The predicted octanol–water partition coefficient (Wildman–Crippen LogP) is 0.457. The van der Waals surface area contributed by atoms with Crippen LogP contribution in [0.15, 0.2) is 0 Å². The van der Waals surface area contributed by atoms with Crippen molar-refractivity contribution in [1.29, 1.82) is 0 Å². The molecular formula is C11H16N2O2S. The van der Waals surface area contributed by atoms with Gasteiger partial charge in [-0.25, -0.2) is 0 Å². The molecule has 0 aromatic heterocycles. The Balaban J connectivity index is 1.90. The molecule has 3 aliphatic heterocycles. The molecule has 3 aliphatic rings. The third-order valence-corrected chi connectivity index (χ3v) is 4.31. The summed E-state index contributed by atoms with van der Waals surface area (Å²) in [5, 5.41) is 3.31. The van der Waals surface area contributed by atoms with E-state index >= 15 is 0 Å². The SMILES string of the molecule is O=C1N2CCC[C@H]2C(=S)NC12CCOCC2. The number of nitrogens with zero attached hydrogens (tertiary/aromatic N) is 1. The largest absolute Gasteiger partial charge is 0.381 e. The molecular weight excluding hydrogens is 224 g/mol. The van der Waals surface area contributed by atoms with Crippen molar-refractivity contribution in [3.63, 3.8) is 0 Å². The summed E-state index contributed by atoms with van der Waals surface area (Å²) >= 11 is 5.40. The van der Waals surface area contributed by atoms with Gasteiger partial charge < -0.3 is 15.0 Å². The number of amides is 1. The van der Waals surface area contributed by atoms with E-state index in [1.165, 1.54) is 0 Å². The fourth-order valence-corrected chi connectivity index (χ4v) is 3.43. The number of hydrogen-bond acceptors (Lipinski definition) is 3. The molecule has 1 spiro atoms. The van der Waals surface area contributed by atoms with E-state index in [1.54, 1.807) is 0 Å². The zero-order valence-corrected chi connectivity index (χ0v) is 10.0. The molecule has 0 unspecified atom stereocenters. The van der Waals surface area contributed by atoms with Gasteiger partial charge in [0.05, 0.1) is 11.0 Å². The summed E-state index contributed by atoms with van der Waals surface area (Å²) in [6.45, 7) is 2.17. The minimum absolute atomic E-state index is 0.163. The van der Waals surface area contributed by atoms with Gasteiger partial charge in [0.2, 0.25) is 5.91 Å². The number of rotatable bonds is 0. The van der Waals surface area contributed by atoms with Crippen molar-refractivity contribution < 1.29 is 9.53 Å². The van der Waals surface area contributed by atoms with E-state index in [0.717, 1.165) is 37.2 Å². The van der Waals surface area contributed by atoms with E-state index in [-0.39, 0.29) is 11.9 Å². The molecule has 5 heteroatoms. The molecule has 0 bridgehead atoms. The van der Waals surface area contributed by atoms with Crippen LogP contribution in [-0.4, -0.2) is 47.1 Å². The lowest BCUT2D eigenvalue weighted by Gasteiger charge is -2.46. The average molecular weight is 240 g/mol. The van der Waals surface area contributed by atoms with Gasteiger partial charge in [0.1, 0.15) is 5.54 Å². The van der Waals surface area contributed by atoms with Crippen LogP contribution < -0.4 is 5.32 Å². The van der Waals surface area contributed by atoms with Crippen LogP contribution in [0.3, 0.4) is 0 Å². The van der Waals surface area contributed by atoms with Gasteiger partial charge in [0.25, 0.3) is 0 Å². The highest BCUT2D eigenvalue weighted by atomic mass is 32.1. The normalized spacial score (nSPS) is 32.8. The highest BCUT2D eigenvalue weighted by Gasteiger charge is 2.51. The maximum Gasteiger partial charge on any atom is 0.249 e. The Morgan fingerprint density at radius 3 is 2.94 bits per heavy atom. The standard InChI is InChI=1S/C11H16N2O2S/c14-10-11(3-6-15-7-4-11)12-9(16)8-2-1-5-13(8)10/h8H,1-7H2,(H,12,16)/t8-/m0/s1.